The van der Waals surface area contributed by atoms with Crippen LogP contribution in [-0.2, 0) is 28.7 Å². The van der Waals surface area contributed by atoms with Gasteiger partial charge in [-0.15, -0.1) is 0 Å². The fraction of sp³-hybridized carbons (Fsp3) is 0.480. The number of rotatable bonds is 10. The molecule has 1 aliphatic heterocycles. The molecule has 0 spiro atoms. The smallest absolute Gasteiger partial charge is 0.381 e. The molecule has 2 aromatic carbocycles. The van der Waals surface area contributed by atoms with Crippen LogP contribution in [0.5, 0.6) is 0 Å². The number of hydrogen-bond acceptors (Lipinski definition) is 3. The van der Waals surface area contributed by atoms with Gasteiger partial charge in [0.2, 0.25) is 5.91 Å². The Balaban J connectivity index is 1.27. The molecule has 0 bridgehead atoms. The summed E-state index contributed by atoms with van der Waals surface area (Å²) in [6, 6.07) is 15.8. The van der Waals surface area contributed by atoms with Gasteiger partial charge in [-0.2, -0.15) is 13.2 Å². The molecule has 32 heavy (non-hydrogen) atoms. The van der Waals surface area contributed by atoms with E-state index in [0.717, 1.165) is 38.4 Å². The molecule has 0 unspecified atom stereocenters. The van der Waals surface area contributed by atoms with E-state index in [4.69, 9.17) is 4.74 Å². The summed E-state index contributed by atoms with van der Waals surface area (Å²) >= 11 is 0. The maximum absolute atomic E-state index is 12.9. The highest BCUT2D eigenvalue weighted by Crippen LogP contribution is 2.30. The van der Waals surface area contributed by atoms with Crippen molar-refractivity contribution in [1.29, 1.82) is 0 Å². The van der Waals surface area contributed by atoms with Gasteiger partial charge in [0.1, 0.15) is 0 Å². The van der Waals surface area contributed by atoms with E-state index in [0.29, 0.717) is 38.2 Å². The summed E-state index contributed by atoms with van der Waals surface area (Å²) in [5.41, 5.74) is 1.29. The Morgan fingerprint density at radius 3 is 2.44 bits per heavy atom. The summed E-state index contributed by atoms with van der Waals surface area (Å²) in [6.07, 6.45) is -0.715. The van der Waals surface area contributed by atoms with Crippen molar-refractivity contribution in [2.45, 2.75) is 50.9 Å². The van der Waals surface area contributed by atoms with Crippen LogP contribution in [0.1, 0.15) is 42.4 Å². The first-order valence-electron chi connectivity index (χ1n) is 11.2. The summed E-state index contributed by atoms with van der Waals surface area (Å²) < 4.78 is 44.3. The molecular weight excluding hydrogens is 417 g/mol. The van der Waals surface area contributed by atoms with Crippen LogP contribution in [0, 0.1) is 0 Å². The molecule has 0 aromatic heterocycles. The Morgan fingerprint density at radius 2 is 1.72 bits per heavy atom. The summed E-state index contributed by atoms with van der Waals surface area (Å²) in [4.78, 5) is 14.3. The van der Waals surface area contributed by atoms with Crippen molar-refractivity contribution < 1.29 is 22.7 Å². The van der Waals surface area contributed by atoms with Gasteiger partial charge in [0.15, 0.2) is 0 Å². The first kappa shape index (κ1) is 24.3. The van der Waals surface area contributed by atoms with Crippen LogP contribution in [0.3, 0.4) is 0 Å². The average molecular weight is 449 g/mol. The minimum Gasteiger partial charge on any atom is -0.381 e. The number of carbonyl (C=O) groups excluding carboxylic acids is 1. The Kier molecular flexibility index (Phi) is 9.11. The minimum atomic E-state index is -4.32. The van der Waals surface area contributed by atoms with Crippen LogP contribution in [0.2, 0.25) is 0 Å². The summed E-state index contributed by atoms with van der Waals surface area (Å²) in [5.74, 6) is 0.0352. The second kappa shape index (κ2) is 12.0. The van der Waals surface area contributed by atoms with Gasteiger partial charge in [-0.05, 0) is 42.9 Å². The molecular formula is C25H31F3N2O2. The summed E-state index contributed by atoms with van der Waals surface area (Å²) in [6.45, 7) is 3.21. The third-order valence-electron chi connectivity index (χ3n) is 5.68. The fourth-order valence-electron chi connectivity index (χ4n) is 3.91. The van der Waals surface area contributed by atoms with Crippen LogP contribution in [0.25, 0.3) is 0 Å². The van der Waals surface area contributed by atoms with Crippen molar-refractivity contribution in [3.8, 4) is 0 Å². The molecule has 1 saturated heterocycles. The number of alkyl halides is 3. The third kappa shape index (κ3) is 8.28. The zero-order valence-corrected chi connectivity index (χ0v) is 18.2. The first-order valence-corrected chi connectivity index (χ1v) is 11.2. The lowest BCUT2D eigenvalue weighted by Crippen LogP contribution is -2.44. The molecule has 1 aliphatic rings. The van der Waals surface area contributed by atoms with E-state index in [-0.39, 0.29) is 11.9 Å². The van der Waals surface area contributed by atoms with Gasteiger partial charge < -0.3 is 10.1 Å². The van der Waals surface area contributed by atoms with Gasteiger partial charge in [0, 0.05) is 38.7 Å². The Morgan fingerprint density at radius 1 is 1.00 bits per heavy atom. The number of ether oxygens (including phenoxy) is 1. The van der Waals surface area contributed by atoms with Gasteiger partial charge in [0.05, 0.1) is 12.2 Å². The van der Waals surface area contributed by atoms with E-state index < -0.39 is 11.7 Å². The summed E-state index contributed by atoms with van der Waals surface area (Å²) in [5, 5.41) is 3.08. The normalized spacial score (nSPS) is 15.6. The largest absolute Gasteiger partial charge is 0.416 e. The molecule has 0 saturated carbocycles. The molecule has 2 aromatic rings. The second-order valence-corrected chi connectivity index (χ2v) is 8.27. The number of halogens is 3. The molecule has 174 valence electrons. The lowest BCUT2D eigenvalue weighted by molar-refractivity contribution is -0.137. The lowest BCUT2D eigenvalue weighted by atomic mass is 10.0. The highest BCUT2D eigenvalue weighted by Gasteiger charge is 2.30. The molecule has 3 rings (SSSR count). The molecule has 7 heteroatoms. The number of likely N-dealkylation sites (tertiary alicyclic amines) is 1. The fourth-order valence-corrected chi connectivity index (χ4v) is 3.91. The van der Waals surface area contributed by atoms with Crippen LogP contribution < -0.4 is 5.32 Å². The quantitative estimate of drug-likeness (QED) is 0.530. The van der Waals surface area contributed by atoms with E-state index in [2.05, 4.69) is 22.3 Å². The van der Waals surface area contributed by atoms with Crippen LogP contribution in [0.15, 0.2) is 54.6 Å². The monoisotopic (exact) mass is 448 g/mol. The van der Waals surface area contributed by atoms with E-state index in [1.807, 2.05) is 18.2 Å². The van der Waals surface area contributed by atoms with Gasteiger partial charge in [0.25, 0.3) is 0 Å². The zero-order valence-electron chi connectivity index (χ0n) is 18.2. The number of nitrogens with zero attached hydrogens (tertiary/aromatic N) is 1. The molecule has 0 aliphatic carbocycles. The van der Waals surface area contributed by atoms with E-state index in [1.54, 1.807) is 6.07 Å². The van der Waals surface area contributed by atoms with Gasteiger partial charge in [-0.3, -0.25) is 9.69 Å². The Labute approximate surface area is 187 Å². The number of amides is 1. The Hall–Kier alpha value is -2.38. The summed E-state index contributed by atoms with van der Waals surface area (Å²) in [7, 11) is 0. The van der Waals surface area contributed by atoms with E-state index in [9.17, 15) is 18.0 Å². The molecule has 1 heterocycles. The SMILES string of the molecule is O=C(CCCOCCc1ccccc1)NC1CCN(Cc2cccc(C(F)(F)F)c2)CC1. The minimum absolute atomic E-state index is 0.0352. The standard InChI is InChI=1S/C25H31F3N2O2/c26-25(27,28)22-9-4-8-21(18-22)19-30-14-11-23(12-15-30)29-24(31)10-5-16-32-17-13-20-6-2-1-3-7-20/h1-4,6-9,18,23H,5,10-17,19H2,(H,29,31). The number of nitrogens with one attached hydrogen (secondary N) is 1. The topological polar surface area (TPSA) is 41.6 Å². The molecule has 0 atom stereocenters. The van der Waals surface area contributed by atoms with Crippen molar-refractivity contribution in [1.82, 2.24) is 10.2 Å². The van der Waals surface area contributed by atoms with Crippen molar-refractivity contribution in [2.75, 3.05) is 26.3 Å². The van der Waals surface area contributed by atoms with Crippen LogP contribution in [-0.4, -0.2) is 43.2 Å². The van der Waals surface area contributed by atoms with Crippen molar-refractivity contribution in [2.24, 2.45) is 0 Å². The van der Waals surface area contributed by atoms with E-state index >= 15 is 0 Å². The number of benzene rings is 2. The highest BCUT2D eigenvalue weighted by molar-refractivity contribution is 5.76. The average Bonchev–Trinajstić information content (AvgIpc) is 2.78. The first-order chi connectivity index (χ1) is 15.4. The molecule has 1 amide bonds. The van der Waals surface area contributed by atoms with Gasteiger partial charge >= 0.3 is 6.18 Å². The predicted octanol–water partition coefficient (Wildman–Crippen LogP) is 4.83. The number of carbonyl (C=O) groups is 1. The zero-order chi connectivity index (χ0) is 22.8. The molecule has 0 radical (unpaired) electrons. The maximum atomic E-state index is 12.9. The van der Waals surface area contributed by atoms with Crippen LogP contribution >= 0.6 is 0 Å². The van der Waals surface area contributed by atoms with Crippen molar-refractivity contribution in [3.63, 3.8) is 0 Å². The van der Waals surface area contributed by atoms with Crippen molar-refractivity contribution in [3.05, 3.63) is 71.3 Å². The predicted molar refractivity (Wildman–Crippen MR) is 118 cm³/mol. The van der Waals surface area contributed by atoms with E-state index in [1.165, 1.54) is 17.7 Å². The molecule has 1 N–H and O–H groups in total. The maximum Gasteiger partial charge on any atom is 0.416 e. The Bertz CT molecular complexity index is 835. The molecule has 1 fully saturated rings. The molecule has 4 nitrogen and oxygen atoms in total. The van der Waals surface area contributed by atoms with Crippen LogP contribution in [0.4, 0.5) is 13.2 Å². The van der Waals surface area contributed by atoms with Crippen molar-refractivity contribution >= 4 is 5.91 Å². The number of piperidine rings is 1. The highest BCUT2D eigenvalue weighted by atomic mass is 19.4. The lowest BCUT2D eigenvalue weighted by Gasteiger charge is -2.32. The van der Waals surface area contributed by atoms with Gasteiger partial charge in [-0.1, -0.05) is 48.5 Å². The number of hydrogen-bond donors (Lipinski definition) is 1. The van der Waals surface area contributed by atoms with Gasteiger partial charge in [-0.25, -0.2) is 0 Å². The second-order valence-electron chi connectivity index (χ2n) is 8.27. The third-order valence-corrected chi connectivity index (χ3v) is 5.68.